The third-order valence-electron chi connectivity index (χ3n) is 3.18. The van der Waals surface area contributed by atoms with Crippen molar-refractivity contribution >= 4 is 29.7 Å². The molecule has 0 aromatic heterocycles. The van der Waals surface area contributed by atoms with E-state index in [9.17, 15) is 14.4 Å². The highest BCUT2D eigenvalue weighted by Crippen LogP contribution is 2.10. The molecule has 0 saturated heterocycles. The smallest absolute Gasteiger partial charge is 0.408 e. The van der Waals surface area contributed by atoms with Crippen LogP contribution in [0.2, 0.25) is 0 Å². The summed E-state index contributed by atoms with van der Waals surface area (Å²) < 4.78 is 15.5. The molecule has 0 spiro atoms. The quantitative estimate of drug-likeness (QED) is 0.162. The number of esters is 1. The number of nitrogens with one attached hydrogen (secondary N) is 2. The Bertz CT molecular complexity index is 626. The van der Waals surface area contributed by atoms with Gasteiger partial charge in [0.25, 0.3) is 0 Å². The molecule has 0 aromatic rings. The number of carbonyl (C=O) groups is 3. The molecule has 2 N–H and O–H groups in total. The molecule has 0 unspecified atom stereocenters. The number of ether oxygens (including phenoxy) is 3. The number of nitrogens with zero attached hydrogens (tertiary/aromatic N) is 3. The molecule has 11 nitrogen and oxygen atoms in total. The number of amides is 2. The van der Waals surface area contributed by atoms with Crippen molar-refractivity contribution < 1.29 is 28.6 Å². The monoisotopic (exact) mass is 447 g/mol. The number of carbonyl (C=O) groups excluding carboxylic acids is 3. The number of alkyl carbamates (subject to hydrolysis) is 1. The van der Waals surface area contributed by atoms with Crippen molar-refractivity contribution in [1.29, 1.82) is 0 Å². The molecule has 0 radical (unpaired) electrons. The van der Waals surface area contributed by atoms with E-state index in [2.05, 4.69) is 20.7 Å². The molecular formula is C18H33N5O6S. The minimum absolute atomic E-state index is 0.0922. The maximum absolute atomic E-state index is 12.8. The molecule has 0 fully saturated rings. The number of hydrogen-bond acceptors (Lipinski definition) is 8. The lowest BCUT2D eigenvalue weighted by Gasteiger charge is -2.26. The minimum atomic E-state index is -1.04. The number of methoxy groups -OCH3 is 1. The summed E-state index contributed by atoms with van der Waals surface area (Å²) in [4.78, 5) is 39.6. The lowest BCUT2D eigenvalue weighted by molar-refractivity contribution is -0.148. The number of azide groups is 1. The molecule has 30 heavy (non-hydrogen) atoms. The Kier molecular flexibility index (Phi) is 12.2. The van der Waals surface area contributed by atoms with Crippen LogP contribution in [0.15, 0.2) is 5.11 Å². The fraction of sp³-hybridized carbons (Fsp3) is 0.833. The van der Waals surface area contributed by atoms with Crippen LogP contribution in [0.5, 0.6) is 0 Å². The Morgan fingerprint density at radius 3 is 2.20 bits per heavy atom. The molecule has 0 saturated carbocycles. The standard InChI is InChI=1S/C18H33N5O6S/c1-17(2,3)28-10-12(15(25)27-7)21-14(24)13(11-30-9-8-20-23-19)22-16(26)29-18(4,5)6/h12-13H,8-11H2,1-7H3,(H,21,24)(H,22,26)/t12-,13-/m0/s1. The Balaban J connectivity index is 5.19. The third-order valence-corrected chi connectivity index (χ3v) is 4.22. The largest absolute Gasteiger partial charge is 0.467 e. The first-order chi connectivity index (χ1) is 13.8. The summed E-state index contributed by atoms with van der Waals surface area (Å²) in [6, 6.07) is -2.03. The van der Waals surface area contributed by atoms with Gasteiger partial charge in [0.2, 0.25) is 5.91 Å². The molecule has 2 amide bonds. The Labute approximate surface area is 181 Å². The van der Waals surface area contributed by atoms with Crippen molar-refractivity contribution in [3.63, 3.8) is 0 Å². The van der Waals surface area contributed by atoms with E-state index < -0.39 is 41.3 Å². The summed E-state index contributed by atoms with van der Waals surface area (Å²) in [6.07, 6.45) is -0.765. The lowest BCUT2D eigenvalue weighted by atomic mass is 10.2. The second-order valence-corrected chi connectivity index (χ2v) is 9.39. The average Bonchev–Trinajstić information content (AvgIpc) is 2.60. The first kappa shape index (κ1) is 27.8. The van der Waals surface area contributed by atoms with Gasteiger partial charge >= 0.3 is 12.1 Å². The van der Waals surface area contributed by atoms with Gasteiger partial charge < -0.3 is 24.8 Å². The van der Waals surface area contributed by atoms with Gasteiger partial charge in [-0.25, -0.2) is 9.59 Å². The summed E-state index contributed by atoms with van der Waals surface area (Å²) >= 11 is 1.31. The van der Waals surface area contributed by atoms with Gasteiger partial charge in [-0.3, -0.25) is 4.79 Å². The molecule has 172 valence electrons. The Morgan fingerprint density at radius 1 is 1.07 bits per heavy atom. The van der Waals surface area contributed by atoms with Crippen LogP contribution in [0.25, 0.3) is 10.4 Å². The summed E-state index contributed by atoms with van der Waals surface area (Å²) in [7, 11) is 1.21. The average molecular weight is 448 g/mol. The minimum Gasteiger partial charge on any atom is -0.467 e. The number of thioether (sulfide) groups is 1. The zero-order chi connectivity index (χ0) is 23.4. The van der Waals surface area contributed by atoms with Crippen molar-refractivity contribution in [3.05, 3.63) is 10.4 Å². The van der Waals surface area contributed by atoms with Gasteiger partial charge in [-0.1, -0.05) is 5.11 Å². The maximum atomic E-state index is 12.8. The van der Waals surface area contributed by atoms with Crippen LogP contribution in [-0.2, 0) is 23.8 Å². The van der Waals surface area contributed by atoms with E-state index >= 15 is 0 Å². The molecule has 12 heteroatoms. The van der Waals surface area contributed by atoms with Crippen LogP contribution in [0.1, 0.15) is 41.5 Å². The van der Waals surface area contributed by atoms with Crippen LogP contribution in [0.3, 0.4) is 0 Å². The molecule has 0 heterocycles. The van der Waals surface area contributed by atoms with Crippen molar-refractivity contribution in [2.75, 3.05) is 31.8 Å². The van der Waals surface area contributed by atoms with Gasteiger partial charge in [-0.05, 0) is 52.8 Å². The third kappa shape index (κ3) is 13.9. The topological polar surface area (TPSA) is 152 Å². The summed E-state index contributed by atoms with van der Waals surface area (Å²) in [6.45, 7) is 10.7. The molecule has 2 atom stereocenters. The van der Waals surface area contributed by atoms with Crippen molar-refractivity contribution in [3.8, 4) is 0 Å². The highest BCUT2D eigenvalue weighted by molar-refractivity contribution is 7.99. The van der Waals surface area contributed by atoms with Crippen LogP contribution in [0.4, 0.5) is 4.79 Å². The highest BCUT2D eigenvalue weighted by atomic mass is 32.2. The van der Waals surface area contributed by atoms with Crippen LogP contribution >= 0.6 is 11.8 Å². The molecule has 0 aliphatic heterocycles. The predicted molar refractivity (Wildman–Crippen MR) is 114 cm³/mol. The molecule has 0 aliphatic rings. The Hall–Kier alpha value is -2.17. The fourth-order valence-electron chi connectivity index (χ4n) is 1.90. The van der Waals surface area contributed by atoms with Gasteiger partial charge in [-0.15, -0.1) is 0 Å². The van der Waals surface area contributed by atoms with Crippen LogP contribution < -0.4 is 10.6 Å². The number of rotatable bonds is 11. The second-order valence-electron chi connectivity index (χ2n) is 8.24. The van der Waals surface area contributed by atoms with E-state index in [1.54, 1.807) is 20.8 Å². The van der Waals surface area contributed by atoms with E-state index in [0.717, 1.165) is 0 Å². The number of hydrogen-bond donors (Lipinski definition) is 2. The van der Waals surface area contributed by atoms with E-state index in [1.807, 2.05) is 20.8 Å². The maximum Gasteiger partial charge on any atom is 0.408 e. The second kappa shape index (κ2) is 13.2. The van der Waals surface area contributed by atoms with Gasteiger partial charge in [-0.2, -0.15) is 11.8 Å². The zero-order valence-electron chi connectivity index (χ0n) is 18.7. The van der Waals surface area contributed by atoms with Crippen LogP contribution in [0, 0.1) is 0 Å². The van der Waals surface area contributed by atoms with E-state index in [0.29, 0.717) is 5.75 Å². The van der Waals surface area contributed by atoms with E-state index in [-0.39, 0.29) is 18.9 Å². The van der Waals surface area contributed by atoms with Crippen molar-refractivity contribution in [2.24, 2.45) is 5.11 Å². The highest BCUT2D eigenvalue weighted by Gasteiger charge is 2.30. The van der Waals surface area contributed by atoms with Crippen LogP contribution in [-0.4, -0.2) is 73.0 Å². The van der Waals surface area contributed by atoms with E-state index in [4.69, 9.17) is 19.7 Å². The first-order valence-electron chi connectivity index (χ1n) is 9.39. The lowest BCUT2D eigenvalue weighted by Crippen LogP contribution is -2.55. The fourth-order valence-corrected chi connectivity index (χ4v) is 2.75. The molecule has 0 aromatic carbocycles. The Morgan fingerprint density at radius 2 is 1.70 bits per heavy atom. The molecule has 0 bridgehead atoms. The van der Waals surface area contributed by atoms with Crippen molar-refractivity contribution in [2.45, 2.75) is 64.8 Å². The summed E-state index contributed by atoms with van der Waals surface area (Å²) in [5, 5.41) is 8.49. The normalized spacial score (nSPS) is 13.4. The van der Waals surface area contributed by atoms with Gasteiger partial charge in [0.1, 0.15) is 11.6 Å². The molecular weight excluding hydrogens is 414 g/mol. The summed E-state index contributed by atoms with van der Waals surface area (Å²) in [5.41, 5.74) is 7.06. The van der Waals surface area contributed by atoms with Gasteiger partial charge in [0.05, 0.1) is 19.3 Å². The van der Waals surface area contributed by atoms with Gasteiger partial charge in [0, 0.05) is 17.2 Å². The predicted octanol–water partition coefficient (Wildman–Crippen LogP) is 2.40. The first-order valence-corrected chi connectivity index (χ1v) is 10.5. The molecule has 0 aliphatic carbocycles. The molecule has 0 rings (SSSR count). The van der Waals surface area contributed by atoms with Crippen molar-refractivity contribution in [1.82, 2.24) is 10.6 Å². The zero-order valence-corrected chi connectivity index (χ0v) is 19.5. The van der Waals surface area contributed by atoms with Gasteiger partial charge in [0.15, 0.2) is 6.04 Å². The van der Waals surface area contributed by atoms with E-state index in [1.165, 1.54) is 18.9 Å². The SMILES string of the molecule is COC(=O)[C@H](COC(C)(C)C)NC(=O)[C@H](CSCCN=[N+]=[N-])NC(=O)OC(C)(C)C. The summed E-state index contributed by atoms with van der Waals surface area (Å²) in [5.74, 6) is -0.623.